The van der Waals surface area contributed by atoms with Gasteiger partial charge in [-0.1, -0.05) is 22.0 Å². The number of hydrogen-bond donors (Lipinski definition) is 2. The number of aliphatic hydroxyl groups is 1. The fourth-order valence-corrected chi connectivity index (χ4v) is 1.91. The molecule has 2 nitrogen and oxygen atoms in total. The third-order valence-corrected chi connectivity index (χ3v) is 2.78. The minimum Gasteiger partial charge on any atom is -0.396 e. The molecule has 0 heterocycles. The van der Waals surface area contributed by atoms with Crippen LogP contribution in [0.3, 0.4) is 0 Å². The van der Waals surface area contributed by atoms with E-state index in [1.807, 2.05) is 6.07 Å². The van der Waals surface area contributed by atoms with Gasteiger partial charge in [0.05, 0.1) is 0 Å². The van der Waals surface area contributed by atoms with E-state index in [1.54, 1.807) is 0 Å². The van der Waals surface area contributed by atoms with Crippen LogP contribution < -0.4 is 5.73 Å². The van der Waals surface area contributed by atoms with E-state index < -0.39 is 0 Å². The summed E-state index contributed by atoms with van der Waals surface area (Å²) in [5, 5.41) is 8.74. The molecule has 0 aliphatic rings. The van der Waals surface area contributed by atoms with E-state index in [2.05, 4.69) is 35.0 Å². The molecular weight excluding hydrogens is 242 g/mol. The first-order valence-corrected chi connectivity index (χ1v) is 5.54. The highest BCUT2D eigenvalue weighted by molar-refractivity contribution is 9.10. The van der Waals surface area contributed by atoms with Crippen LogP contribution in [0.15, 0.2) is 22.7 Å². The Hall–Kier alpha value is -0.380. The Balaban J connectivity index is 2.67. The molecular formula is C11H16BrNO. The van der Waals surface area contributed by atoms with Crippen LogP contribution in [-0.4, -0.2) is 17.8 Å². The second-order valence-corrected chi connectivity index (χ2v) is 4.46. The van der Waals surface area contributed by atoms with Gasteiger partial charge >= 0.3 is 0 Å². The average molecular weight is 258 g/mol. The molecule has 0 saturated carbocycles. The van der Waals surface area contributed by atoms with Crippen LogP contribution in [0.4, 0.5) is 0 Å². The number of aryl methyl sites for hydroxylation is 1. The maximum absolute atomic E-state index is 8.74. The Morgan fingerprint density at radius 2 is 2.21 bits per heavy atom. The zero-order valence-corrected chi connectivity index (χ0v) is 9.92. The molecule has 0 saturated heterocycles. The molecule has 78 valence electrons. The molecule has 0 aromatic heterocycles. The average Bonchev–Trinajstić information content (AvgIpc) is 2.10. The zero-order valence-electron chi connectivity index (χ0n) is 8.33. The number of hydrogen-bond acceptors (Lipinski definition) is 2. The molecule has 0 amide bonds. The SMILES string of the molecule is Cc1cc(Br)ccc1CC(N)CCO. The predicted molar refractivity (Wildman–Crippen MR) is 62.3 cm³/mol. The van der Waals surface area contributed by atoms with Crippen LogP contribution in [0.2, 0.25) is 0 Å². The molecule has 14 heavy (non-hydrogen) atoms. The summed E-state index contributed by atoms with van der Waals surface area (Å²) in [6.07, 6.45) is 1.50. The minimum absolute atomic E-state index is 0.0554. The first-order valence-electron chi connectivity index (χ1n) is 4.75. The zero-order chi connectivity index (χ0) is 10.6. The normalized spacial score (nSPS) is 12.9. The second-order valence-electron chi connectivity index (χ2n) is 3.55. The van der Waals surface area contributed by atoms with Gasteiger partial charge in [-0.15, -0.1) is 0 Å². The van der Waals surface area contributed by atoms with Crippen LogP contribution >= 0.6 is 15.9 Å². The van der Waals surface area contributed by atoms with Crippen molar-refractivity contribution in [3.63, 3.8) is 0 Å². The summed E-state index contributed by atoms with van der Waals surface area (Å²) in [6, 6.07) is 6.24. The number of halogens is 1. The Kier molecular flexibility index (Phi) is 4.58. The monoisotopic (exact) mass is 257 g/mol. The molecule has 0 radical (unpaired) electrons. The van der Waals surface area contributed by atoms with Crippen LogP contribution in [-0.2, 0) is 6.42 Å². The molecule has 0 aliphatic heterocycles. The number of nitrogens with two attached hydrogens (primary N) is 1. The summed E-state index contributed by atoms with van der Waals surface area (Å²) >= 11 is 3.42. The fraction of sp³-hybridized carbons (Fsp3) is 0.455. The number of benzene rings is 1. The van der Waals surface area contributed by atoms with Crippen molar-refractivity contribution in [3.05, 3.63) is 33.8 Å². The molecule has 1 rings (SSSR count). The summed E-state index contributed by atoms with van der Waals surface area (Å²) in [5.74, 6) is 0. The molecule has 1 aromatic carbocycles. The predicted octanol–water partition coefficient (Wildman–Crippen LogP) is 2.01. The van der Waals surface area contributed by atoms with Crippen molar-refractivity contribution < 1.29 is 5.11 Å². The van der Waals surface area contributed by atoms with E-state index in [0.717, 1.165) is 10.9 Å². The van der Waals surface area contributed by atoms with E-state index in [4.69, 9.17) is 10.8 Å². The summed E-state index contributed by atoms with van der Waals surface area (Å²) in [6.45, 7) is 2.24. The molecule has 1 atom stereocenters. The molecule has 3 N–H and O–H groups in total. The molecule has 0 aliphatic carbocycles. The highest BCUT2D eigenvalue weighted by atomic mass is 79.9. The van der Waals surface area contributed by atoms with Gasteiger partial charge in [0.1, 0.15) is 0 Å². The Morgan fingerprint density at radius 1 is 1.50 bits per heavy atom. The summed E-state index contributed by atoms with van der Waals surface area (Å²) in [4.78, 5) is 0. The fourth-order valence-electron chi connectivity index (χ4n) is 1.44. The Morgan fingerprint density at radius 3 is 2.79 bits per heavy atom. The highest BCUT2D eigenvalue weighted by Crippen LogP contribution is 2.17. The van der Waals surface area contributed by atoms with Gasteiger partial charge in [-0.2, -0.15) is 0 Å². The van der Waals surface area contributed by atoms with Gasteiger partial charge in [0.2, 0.25) is 0 Å². The highest BCUT2D eigenvalue weighted by Gasteiger charge is 2.05. The van der Waals surface area contributed by atoms with Crippen molar-refractivity contribution in [2.75, 3.05) is 6.61 Å². The van der Waals surface area contributed by atoms with Gasteiger partial charge in [0.25, 0.3) is 0 Å². The van der Waals surface area contributed by atoms with Crippen molar-refractivity contribution in [2.24, 2.45) is 5.73 Å². The van der Waals surface area contributed by atoms with Gasteiger partial charge in [-0.05, 0) is 43.0 Å². The Labute approximate surface area is 93.3 Å². The van der Waals surface area contributed by atoms with Crippen molar-refractivity contribution in [2.45, 2.75) is 25.8 Å². The lowest BCUT2D eigenvalue weighted by atomic mass is 10.0. The number of aliphatic hydroxyl groups excluding tert-OH is 1. The number of rotatable bonds is 4. The lowest BCUT2D eigenvalue weighted by Crippen LogP contribution is -2.24. The van der Waals surface area contributed by atoms with Gasteiger partial charge in [-0.25, -0.2) is 0 Å². The maximum Gasteiger partial charge on any atom is 0.0445 e. The first kappa shape index (κ1) is 11.7. The minimum atomic E-state index is 0.0554. The van der Waals surface area contributed by atoms with Crippen molar-refractivity contribution >= 4 is 15.9 Å². The lowest BCUT2D eigenvalue weighted by Gasteiger charge is -2.12. The van der Waals surface area contributed by atoms with Gasteiger partial charge in [-0.3, -0.25) is 0 Å². The van der Waals surface area contributed by atoms with Crippen molar-refractivity contribution in [3.8, 4) is 0 Å². The maximum atomic E-state index is 8.74. The molecule has 0 spiro atoms. The van der Waals surface area contributed by atoms with E-state index >= 15 is 0 Å². The van der Waals surface area contributed by atoms with E-state index in [0.29, 0.717) is 6.42 Å². The van der Waals surface area contributed by atoms with Crippen molar-refractivity contribution in [1.29, 1.82) is 0 Å². The van der Waals surface area contributed by atoms with Gasteiger partial charge in [0, 0.05) is 17.1 Å². The third-order valence-electron chi connectivity index (χ3n) is 2.29. The second kappa shape index (κ2) is 5.49. The largest absolute Gasteiger partial charge is 0.396 e. The molecule has 1 aromatic rings. The third kappa shape index (κ3) is 3.40. The van der Waals surface area contributed by atoms with Gasteiger partial charge in [0.15, 0.2) is 0 Å². The summed E-state index contributed by atoms with van der Waals surface area (Å²) < 4.78 is 1.09. The molecule has 3 heteroatoms. The molecule has 1 unspecified atom stereocenters. The summed E-state index contributed by atoms with van der Waals surface area (Å²) in [7, 11) is 0. The van der Waals surface area contributed by atoms with E-state index in [1.165, 1.54) is 11.1 Å². The van der Waals surface area contributed by atoms with Crippen LogP contribution in [0.5, 0.6) is 0 Å². The van der Waals surface area contributed by atoms with E-state index in [-0.39, 0.29) is 12.6 Å². The quantitative estimate of drug-likeness (QED) is 0.867. The van der Waals surface area contributed by atoms with Crippen molar-refractivity contribution in [1.82, 2.24) is 0 Å². The van der Waals surface area contributed by atoms with Crippen LogP contribution in [0.1, 0.15) is 17.5 Å². The Bertz CT molecular complexity index is 301. The molecule has 0 fully saturated rings. The standard InChI is InChI=1S/C11H16BrNO/c1-8-6-10(12)3-2-9(8)7-11(13)4-5-14/h2-3,6,11,14H,4-5,7,13H2,1H3. The topological polar surface area (TPSA) is 46.2 Å². The lowest BCUT2D eigenvalue weighted by molar-refractivity contribution is 0.275. The van der Waals surface area contributed by atoms with Crippen LogP contribution in [0.25, 0.3) is 0 Å². The molecule has 0 bridgehead atoms. The van der Waals surface area contributed by atoms with Crippen LogP contribution in [0, 0.1) is 6.92 Å². The van der Waals surface area contributed by atoms with Gasteiger partial charge < -0.3 is 10.8 Å². The summed E-state index contributed by atoms with van der Waals surface area (Å²) in [5.41, 5.74) is 8.35. The smallest absolute Gasteiger partial charge is 0.0445 e. The first-order chi connectivity index (χ1) is 6.63. The van der Waals surface area contributed by atoms with E-state index in [9.17, 15) is 0 Å².